The second-order valence-electron chi connectivity index (χ2n) is 9.38. The summed E-state index contributed by atoms with van der Waals surface area (Å²) in [6, 6.07) is 11.8. The lowest BCUT2D eigenvalue weighted by Crippen LogP contribution is -2.43. The Balaban J connectivity index is 1.27. The number of nitrogens with two attached hydrogens (primary N) is 1. The number of piperazine rings is 1. The lowest BCUT2D eigenvalue weighted by molar-refractivity contribution is 0.515. The van der Waals surface area contributed by atoms with Crippen LogP contribution in [-0.4, -0.2) is 58.2 Å². The third-order valence-electron chi connectivity index (χ3n) is 7.02. The average Bonchev–Trinajstić information content (AvgIpc) is 3.38. The molecule has 9 nitrogen and oxygen atoms in total. The minimum Gasteiger partial charge on any atom is -0.404 e. The van der Waals surface area contributed by atoms with Crippen LogP contribution in [0.15, 0.2) is 54.9 Å². The quantitative estimate of drug-likeness (QED) is 0.338. The molecule has 38 heavy (non-hydrogen) atoms. The molecule has 0 saturated carbocycles. The van der Waals surface area contributed by atoms with Crippen molar-refractivity contribution in [3.8, 4) is 0 Å². The molecule has 6 rings (SSSR count). The van der Waals surface area contributed by atoms with Gasteiger partial charge in [0.05, 0.1) is 53.1 Å². The number of benzene rings is 1. The number of aromatic nitrogens is 4. The molecule has 0 amide bonds. The molecule has 2 aliphatic rings. The Hall–Kier alpha value is -4.02. The molecule has 4 N–H and O–H groups in total. The lowest BCUT2D eigenvalue weighted by Gasteiger charge is -2.29. The number of pyridine rings is 2. The summed E-state index contributed by atoms with van der Waals surface area (Å²) in [5.74, 6) is 0.485. The maximum Gasteiger partial charge on any atom is 0.151 e. The maximum atomic E-state index is 14.4. The Morgan fingerprint density at radius 1 is 1.03 bits per heavy atom. The molecular weight excluding hydrogens is 505 g/mol. The Bertz CT molecular complexity index is 1560. The second-order valence-corrected chi connectivity index (χ2v) is 9.82. The highest BCUT2D eigenvalue weighted by Gasteiger charge is 2.23. The lowest BCUT2D eigenvalue weighted by atomic mass is 9.99. The van der Waals surface area contributed by atoms with Crippen LogP contribution >= 0.6 is 11.6 Å². The van der Waals surface area contributed by atoms with Crippen LogP contribution in [0.4, 0.5) is 15.9 Å². The normalized spacial score (nSPS) is 16.1. The first-order valence-electron chi connectivity index (χ1n) is 12.5. The number of rotatable bonds is 5. The van der Waals surface area contributed by atoms with Gasteiger partial charge < -0.3 is 20.9 Å². The van der Waals surface area contributed by atoms with Gasteiger partial charge in [-0.15, -0.1) is 0 Å². The highest BCUT2D eigenvalue weighted by atomic mass is 35.5. The largest absolute Gasteiger partial charge is 0.404 e. The van der Waals surface area contributed by atoms with Gasteiger partial charge in [0.25, 0.3) is 0 Å². The summed E-state index contributed by atoms with van der Waals surface area (Å²) in [7, 11) is 0. The Kier molecular flexibility index (Phi) is 6.42. The molecule has 194 valence electrons. The molecule has 4 aromatic rings. The molecule has 1 fully saturated rings. The second kappa shape index (κ2) is 10.0. The van der Waals surface area contributed by atoms with Gasteiger partial charge in [0.2, 0.25) is 0 Å². The summed E-state index contributed by atoms with van der Waals surface area (Å²) >= 11 is 6.04. The summed E-state index contributed by atoms with van der Waals surface area (Å²) in [5, 5.41) is 17.1. The molecule has 1 aromatic carbocycles. The van der Waals surface area contributed by atoms with E-state index in [0.717, 1.165) is 68.5 Å². The average molecular weight is 532 g/mol. The van der Waals surface area contributed by atoms with Gasteiger partial charge in [-0.2, -0.15) is 5.10 Å². The first kappa shape index (κ1) is 24.3. The van der Waals surface area contributed by atoms with Crippen molar-refractivity contribution in [2.45, 2.75) is 13.1 Å². The molecule has 0 unspecified atom stereocenters. The number of hydrogen-bond acceptors (Lipinski definition) is 8. The van der Waals surface area contributed by atoms with Crippen molar-refractivity contribution in [3.63, 3.8) is 0 Å². The molecule has 2 aliphatic heterocycles. The molecule has 0 radical (unpaired) electrons. The van der Waals surface area contributed by atoms with Crippen molar-refractivity contribution in [1.82, 2.24) is 25.1 Å². The van der Waals surface area contributed by atoms with E-state index in [1.54, 1.807) is 6.07 Å². The fourth-order valence-corrected chi connectivity index (χ4v) is 5.14. The topological polar surface area (TPSA) is 112 Å². The van der Waals surface area contributed by atoms with Gasteiger partial charge in [0.15, 0.2) is 5.82 Å². The first-order valence-corrected chi connectivity index (χ1v) is 12.9. The van der Waals surface area contributed by atoms with Gasteiger partial charge in [-0.1, -0.05) is 11.6 Å². The van der Waals surface area contributed by atoms with E-state index in [-0.39, 0.29) is 11.3 Å². The number of hydrogen-bond donors (Lipinski definition) is 3. The highest BCUT2D eigenvalue weighted by Crippen LogP contribution is 2.28. The number of halogens is 2. The van der Waals surface area contributed by atoms with E-state index >= 15 is 0 Å². The SMILES string of the molecule is N=C(/C(=C\N)c1ccc2ncc(N3CCn4nc(N5CCNCC5)cc4C3)cc2n1)c1cc(Cl)ccc1F. The fraction of sp³-hybridized carbons (Fsp3) is 0.259. The number of nitrogens with one attached hydrogen (secondary N) is 2. The van der Waals surface area contributed by atoms with Crippen LogP contribution in [0.1, 0.15) is 17.0 Å². The third kappa shape index (κ3) is 4.57. The van der Waals surface area contributed by atoms with Crippen LogP contribution < -0.4 is 20.9 Å². The maximum absolute atomic E-state index is 14.4. The summed E-state index contributed by atoms with van der Waals surface area (Å²) in [5.41, 5.74) is 10.1. The van der Waals surface area contributed by atoms with E-state index in [9.17, 15) is 4.39 Å². The first-order chi connectivity index (χ1) is 18.5. The van der Waals surface area contributed by atoms with Crippen LogP contribution in [0, 0.1) is 11.2 Å². The Morgan fingerprint density at radius 2 is 1.87 bits per heavy atom. The molecule has 3 aromatic heterocycles. The fourth-order valence-electron chi connectivity index (χ4n) is 4.97. The van der Waals surface area contributed by atoms with Gasteiger partial charge >= 0.3 is 0 Å². The van der Waals surface area contributed by atoms with Crippen LogP contribution in [0.3, 0.4) is 0 Å². The van der Waals surface area contributed by atoms with Gasteiger partial charge in [0.1, 0.15) is 5.82 Å². The van der Waals surface area contributed by atoms with Crippen molar-refractivity contribution in [3.05, 3.63) is 82.7 Å². The molecular formula is C27H27ClFN9. The van der Waals surface area contributed by atoms with Crippen molar-refractivity contribution in [2.75, 3.05) is 42.5 Å². The monoisotopic (exact) mass is 531 g/mol. The minimum absolute atomic E-state index is 0.0630. The molecule has 0 bridgehead atoms. The highest BCUT2D eigenvalue weighted by molar-refractivity contribution is 6.33. The third-order valence-corrected chi connectivity index (χ3v) is 7.26. The zero-order valence-electron chi connectivity index (χ0n) is 20.7. The Morgan fingerprint density at radius 3 is 2.68 bits per heavy atom. The van der Waals surface area contributed by atoms with E-state index in [4.69, 9.17) is 32.8 Å². The van der Waals surface area contributed by atoms with Gasteiger partial charge in [-0.25, -0.2) is 9.37 Å². The predicted octanol–water partition coefficient (Wildman–Crippen LogP) is 3.42. The minimum atomic E-state index is -0.548. The van der Waals surface area contributed by atoms with E-state index in [2.05, 4.69) is 30.8 Å². The van der Waals surface area contributed by atoms with Crippen LogP contribution in [-0.2, 0) is 13.1 Å². The molecule has 0 spiro atoms. The van der Waals surface area contributed by atoms with Gasteiger partial charge in [-0.05, 0) is 36.4 Å². The number of allylic oxidation sites excluding steroid dienone is 1. The van der Waals surface area contributed by atoms with Crippen molar-refractivity contribution in [1.29, 1.82) is 5.41 Å². The van der Waals surface area contributed by atoms with Gasteiger partial charge in [0, 0.05) is 61.1 Å². The molecule has 11 heteroatoms. The summed E-state index contributed by atoms with van der Waals surface area (Å²) < 4.78 is 16.5. The number of anilines is 2. The summed E-state index contributed by atoms with van der Waals surface area (Å²) in [6.45, 7) is 6.18. The van der Waals surface area contributed by atoms with E-state index in [0.29, 0.717) is 21.8 Å². The van der Waals surface area contributed by atoms with E-state index in [1.165, 1.54) is 24.4 Å². The number of fused-ring (bicyclic) bond motifs is 2. The molecule has 0 atom stereocenters. The summed E-state index contributed by atoms with van der Waals surface area (Å²) in [6.07, 6.45) is 3.13. The van der Waals surface area contributed by atoms with Crippen LogP contribution in [0.25, 0.3) is 16.6 Å². The van der Waals surface area contributed by atoms with Crippen molar-refractivity contribution >= 4 is 45.4 Å². The number of nitrogens with zero attached hydrogens (tertiary/aromatic N) is 6. The molecule has 5 heterocycles. The predicted molar refractivity (Wildman–Crippen MR) is 148 cm³/mol. The Labute approximate surface area is 224 Å². The summed E-state index contributed by atoms with van der Waals surface area (Å²) in [4.78, 5) is 14.0. The van der Waals surface area contributed by atoms with Crippen molar-refractivity contribution in [2.24, 2.45) is 5.73 Å². The molecule has 1 saturated heterocycles. The van der Waals surface area contributed by atoms with E-state index < -0.39 is 5.82 Å². The smallest absolute Gasteiger partial charge is 0.151 e. The van der Waals surface area contributed by atoms with Crippen LogP contribution in [0.5, 0.6) is 0 Å². The zero-order valence-corrected chi connectivity index (χ0v) is 21.4. The standard InChI is InChI=1S/C27H27ClFN9/c28-17-1-2-22(29)20(11-17)27(31)21(14-30)23-3-4-24-25(34-23)12-18(15-33-24)37-9-10-38-19(16-37)13-26(35-38)36-7-5-32-6-8-36/h1-4,11-15,31-32H,5-10,16,30H2/b21-14-,31-27?. The van der Waals surface area contributed by atoms with Crippen molar-refractivity contribution < 1.29 is 4.39 Å². The zero-order chi connectivity index (χ0) is 26.2. The van der Waals surface area contributed by atoms with Crippen LogP contribution in [0.2, 0.25) is 5.02 Å². The van der Waals surface area contributed by atoms with E-state index in [1.807, 2.05) is 18.3 Å². The van der Waals surface area contributed by atoms with Gasteiger partial charge in [-0.3, -0.25) is 15.1 Å². The molecule has 0 aliphatic carbocycles.